The van der Waals surface area contributed by atoms with Crippen LogP contribution in [0.2, 0.25) is 0 Å². The monoisotopic (exact) mass is 837 g/mol. The number of benzene rings is 8. The fraction of sp³-hybridized carbons (Fsp3) is 0.177. The summed E-state index contributed by atoms with van der Waals surface area (Å²) in [5.41, 5.74) is 23.0. The minimum absolute atomic E-state index is 0.0215. The maximum atomic E-state index is 5.46. The number of hydrogen-bond donors (Lipinski definition) is 0. The van der Waals surface area contributed by atoms with E-state index in [1.54, 1.807) is 0 Å². The van der Waals surface area contributed by atoms with Crippen LogP contribution in [0.25, 0.3) is 78.7 Å². The molecule has 3 nitrogen and oxygen atoms in total. The molecule has 1 spiro atoms. The predicted molar refractivity (Wildman–Crippen MR) is 268 cm³/mol. The molecule has 1 unspecified atom stereocenters. The second kappa shape index (κ2) is 14.1. The van der Waals surface area contributed by atoms with Gasteiger partial charge in [0.1, 0.15) is 0 Å². The van der Waals surface area contributed by atoms with E-state index in [1.165, 1.54) is 83.5 Å². The van der Waals surface area contributed by atoms with E-state index in [9.17, 15) is 0 Å². The van der Waals surface area contributed by atoms with Gasteiger partial charge < -0.3 is 0 Å². The third-order valence-electron chi connectivity index (χ3n) is 14.7. The highest BCUT2D eigenvalue weighted by atomic mass is 15.0. The van der Waals surface area contributed by atoms with Crippen molar-refractivity contribution in [1.29, 1.82) is 0 Å². The van der Waals surface area contributed by atoms with Gasteiger partial charge in [-0.05, 0) is 112 Å². The Morgan fingerprint density at radius 2 is 0.923 bits per heavy atom. The molecule has 3 aliphatic carbocycles. The van der Waals surface area contributed by atoms with E-state index >= 15 is 0 Å². The lowest BCUT2D eigenvalue weighted by molar-refractivity contribution is 0.588. The summed E-state index contributed by atoms with van der Waals surface area (Å²) in [6, 6.07) is 65.1. The molecule has 1 heterocycles. The SMILES string of the molecule is CC(C)c1ccc2c(c1)C1(c3cc(C(C)(C)C)ccc3-2)c2ccccc2-c2c(-c3nc(-c4ccccc4)nc(-c4cccc(-c5ccc6c(c5)C(C)(C)c5ccccc5-6)c4)n3)cccc21. The number of hydrogen-bond acceptors (Lipinski definition) is 3. The van der Waals surface area contributed by atoms with Gasteiger partial charge in [-0.1, -0.05) is 212 Å². The highest BCUT2D eigenvalue weighted by molar-refractivity contribution is 5.99. The van der Waals surface area contributed by atoms with Gasteiger partial charge in [-0.25, -0.2) is 15.0 Å². The van der Waals surface area contributed by atoms with Gasteiger partial charge in [0, 0.05) is 22.1 Å². The van der Waals surface area contributed by atoms with Crippen molar-refractivity contribution in [2.45, 2.75) is 70.6 Å². The van der Waals surface area contributed by atoms with Gasteiger partial charge in [0.25, 0.3) is 0 Å². The lowest BCUT2D eigenvalue weighted by Crippen LogP contribution is -2.27. The Morgan fingerprint density at radius 3 is 1.69 bits per heavy atom. The molecule has 0 radical (unpaired) electrons. The molecule has 65 heavy (non-hydrogen) atoms. The molecule has 0 saturated carbocycles. The number of nitrogens with zero attached hydrogens (tertiary/aromatic N) is 3. The van der Waals surface area contributed by atoms with Crippen LogP contribution in [0.1, 0.15) is 98.9 Å². The smallest absolute Gasteiger partial charge is 0.164 e. The van der Waals surface area contributed by atoms with Crippen LogP contribution in [0, 0.1) is 0 Å². The van der Waals surface area contributed by atoms with Crippen LogP contribution in [-0.4, -0.2) is 15.0 Å². The summed E-state index contributed by atoms with van der Waals surface area (Å²) in [6.45, 7) is 16.2. The summed E-state index contributed by atoms with van der Waals surface area (Å²) in [4.78, 5) is 16.1. The third kappa shape index (κ3) is 5.77. The molecular formula is C62H51N3. The molecule has 12 rings (SSSR count). The van der Waals surface area contributed by atoms with E-state index in [0.717, 1.165) is 22.3 Å². The third-order valence-corrected chi connectivity index (χ3v) is 14.7. The Labute approximate surface area is 383 Å². The molecule has 1 aromatic heterocycles. The Bertz CT molecular complexity index is 3420. The topological polar surface area (TPSA) is 38.7 Å². The largest absolute Gasteiger partial charge is 0.208 e. The summed E-state index contributed by atoms with van der Waals surface area (Å²) in [6.07, 6.45) is 0. The van der Waals surface area contributed by atoms with Gasteiger partial charge in [0.05, 0.1) is 5.41 Å². The van der Waals surface area contributed by atoms with E-state index in [-0.39, 0.29) is 10.8 Å². The molecule has 1 atom stereocenters. The Balaban J connectivity index is 1.07. The molecule has 3 heteroatoms. The average molecular weight is 838 g/mol. The molecule has 0 amide bonds. The van der Waals surface area contributed by atoms with Gasteiger partial charge in [-0.2, -0.15) is 0 Å². The summed E-state index contributed by atoms with van der Waals surface area (Å²) in [5.74, 6) is 2.35. The molecule has 0 aliphatic heterocycles. The molecule has 0 N–H and O–H groups in total. The summed E-state index contributed by atoms with van der Waals surface area (Å²) >= 11 is 0. The summed E-state index contributed by atoms with van der Waals surface area (Å²) in [7, 11) is 0. The number of rotatable bonds is 5. The van der Waals surface area contributed by atoms with Gasteiger partial charge in [-0.15, -0.1) is 0 Å². The molecule has 0 saturated heterocycles. The van der Waals surface area contributed by atoms with Crippen molar-refractivity contribution in [1.82, 2.24) is 15.0 Å². The van der Waals surface area contributed by atoms with Crippen LogP contribution in [0.15, 0.2) is 176 Å². The zero-order chi connectivity index (χ0) is 44.4. The summed E-state index contributed by atoms with van der Waals surface area (Å²) < 4.78 is 0. The molecule has 3 aliphatic rings. The standard InChI is InChI=1S/C62H51N3/c1-37(2)39-27-30-46-47-32-29-43(60(3,4)5)36-55(47)62(54(46)34-39)51-25-14-12-22-48(51)56-49(23-16-26-52(56)62)59-64-57(38-17-9-8-10-18-38)63-58(65-59)42-20-15-19-40(33-42)41-28-31-45-44-21-11-13-24-50(44)61(6,7)53(45)35-41/h8-37H,1-7H3. The van der Waals surface area contributed by atoms with Crippen molar-refractivity contribution in [3.63, 3.8) is 0 Å². The Kier molecular flexibility index (Phi) is 8.56. The van der Waals surface area contributed by atoms with Gasteiger partial charge >= 0.3 is 0 Å². The molecule has 9 aromatic rings. The maximum absolute atomic E-state index is 5.46. The first-order valence-corrected chi connectivity index (χ1v) is 23.1. The normalized spacial score (nSPS) is 15.9. The van der Waals surface area contributed by atoms with E-state index < -0.39 is 5.41 Å². The van der Waals surface area contributed by atoms with Gasteiger partial charge in [-0.3, -0.25) is 0 Å². The first kappa shape index (κ1) is 39.4. The average Bonchev–Trinajstić information content (AvgIpc) is 3.89. The van der Waals surface area contributed by atoms with E-state index in [4.69, 9.17) is 15.0 Å². The lowest BCUT2D eigenvalue weighted by Gasteiger charge is -2.32. The molecule has 0 bridgehead atoms. The van der Waals surface area contributed by atoms with Crippen molar-refractivity contribution in [2.75, 3.05) is 0 Å². The lowest BCUT2D eigenvalue weighted by atomic mass is 9.69. The zero-order valence-corrected chi connectivity index (χ0v) is 38.2. The number of aromatic nitrogens is 3. The van der Waals surface area contributed by atoms with Crippen molar-refractivity contribution in [2.24, 2.45) is 0 Å². The van der Waals surface area contributed by atoms with E-state index in [0.29, 0.717) is 23.4 Å². The van der Waals surface area contributed by atoms with Crippen molar-refractivity contribution < 1.29 is 0 Å². The highest BCUT2D eigenvalue weighted by Gasteiger charge is 2.53. The van der Waals surface area contributed by atoms with Crippen LogP contribution in [0.5, 0.6) is 0 Å². The minimum Gasteiger partial charge on any atom is -0.208 e. The van der Waals surface area contributed by atoms with Crippen LogP contribution in [-0.2, 0) is 16.2 Å². The molecular weight excluding hydrogens is 787 g/mol. The quantitative estimate of drug-likeness (QED) is 0.173. The van der Waals surface area contributed by atoms with E-state index in [1.807, 2.05) is 6.07 Å². The van der Waals surface area contributed by atoms with Crippen molar-refractivity contribution in [3.8, 4) is 78.7 Å². The van der Waals surface area contributed by atoms with Gasteiger partial charge in [0.15, 0.2) is 17.5 Å². The van der Waals surface area contributed by atoms with Crippen LogP contribution in [0.3, 0.4) is 0 Å². The second-order valence-corrected chi connectivity index (χ2v) is 20.2. The number of fused-ring (bicyclic) bond motifs is 13. The van der Waals surface area contributed by atoms with Gasteiger partial charge in [0.2, 0.25) is 0 Å². The zero-order valence-electron chi connectivity index (χ0n) is 38.2. The fourth-order valence-electron chi connectivity index (χ4n) is 11.3. The van der Waals surface area contributed by atoms with Crippen LogP contribution < -0.4 is 0 Å². The van der Waals surface area contributed by atoms with Crippen molar-refractivity contribution in [3.05, 3.63) is 220 Å². The molecule has 0 fully saturated rings. The van der Waals surface area contributed by atoms with E-state index in [2.05, 4.69) is 218 Å². The van der Waals surface area contributed by atoms with Crippen molar-refractivity contribution >= 4 is 0 Å². The summed E-state index contributed by atoms with van der Waals surface area (Å²) in [5, 5.41) is 0. The van der Waals surface area contributed by atoms with Crippen LogP contribution >= 0.6 is 0 Å². The first-order valence-electron chi connectivity index (χ1n) is 23.1. The second-order valence-electron chi connectivity index (χ2n) is 20.2. The first-order chi connectivity index (χ1) is 31.4. The Hall–Kier alpha value is -7.23. The predicted octanol–water partition coefficient (Wildman–Crippen LogP) is 15.6. The van der Waals surface area contributed by atoms with Crippen LogP contribution in [0.4, 0.5) is 0 Å². The maximum Gasteiger partial charge on any atom is 0.164 e. The molecule has 314 valence electrons. The molecule has 8 aromatic carbocycles. The Morgan fingerprint density at radius 1 is 0.385 bits per heavy atom. The fourth-order valence-corrected chi connectivity index (χ4v) is 11.3. The minimum atomic E-state index is -0.517. The highest BCUT2D eigenvalue weighted by Crippen LogP contribution is 2.64.